The van der Waals surface area contributed by atoms with Crippen molar-refractivity contribution in [2.24, 2.45) is 0 Å². The number of halogens is 4. The van der Waals surface area contributed by atoms with Crippen LogP contribution in [0.15, 0.2) is 36.8 Å². The Morgan fingerprint density at radius 2 is 1.85 bits per heavy atom. The number of aliphatic hydroxyl groups excluding tert-OH is 1. The van der Waals surface area contributed by atoms with E-state index in [1.54, 1.807) is 23.9 Å². The summed E-state index contributed by atoms with van der Waals surface area (Å²) in [6.45, 7) is 5.74. The van der Waals surface area contributed by atoms with Gasteiger partial charge in [0.05, 0.1) is 17.9 Å². The first-order chi connectivity index (χ1) is 15.6. The van der Waals surface area contributed by atoms with Gasteiger partial charge in [0.15, 0.2) is 11.6 Å². The minimum Gasteiger partial charge on any atom is -0.393 e. The first kappa shape index (κ1) is 23.2. The van der Waals surface area contributed by atoms with Crippen molar-refractivity contribution in [1.82, 2.24) is 19.4 Å². The van der Waals surface area contributed by atoms with E-state index >= 15 is 0 Å². The van der Waals surface area contributed by atoms with Gasteiger partial charge in [-0.15, -0.1) is 0 Å². The lowest BCUT2D eigenvalue weighted by Gasteiger charge is -2.29. The van der Waals surface area contributed by atoms with Crippen LogP contribution in [0.25, 0.3) is 5.82 Å². The molecule has 33 heavy (non-hydrogen) atoms. The van der Waals surface area contributed by atoms with E-state index in [0.717, 1.165) is 55.4 Å². The van der Waals surface area contributed by atoms with E-state index in [0.29, 0.717) is 12.1 Å². The van der Waals surface area contributed by atoms with Crippen LogP contribution in [0.3, 0.4) is 0 Å². The van der Waals surface area contributed by atoms with Crippen LogP contribution in [0.5, 0.6) is 0 Å². The molecule has 0 unspecified atom stereocenters. The molecule has 2 N–H and O–H groups in total. The van der Waals surface area contributed by atoms with Crippen LogP contribution in [0.2, 0.25) is 0 Å². The van der Waals surface area contributed by atoms with Gasteiger partial charge in [-0.2, -0.15) is 18.2 Å². The van der Waals surface area contributed by atoms with Crippen LogP contribution in [0.1, 0.15) is 35.1 Å². The monoisotopic (exact) mass is 463 g/mol. The van der Waals surface area contributed by atoms with Gasteiger partial charge in [0.2, 0.25) is 5.95 Å². The molecule has 1 saturated heterocycles. The highest BCUT2D eigenvalue weighted by Gasteiger charge is 2.31. The third-order valence-corrected chi connectivity index (χ3v) is 5.72. The molecule has 1 fully saturated rings. The number of anilines is 2. The van der Waals surface area contributed by atoms with Gasteiger partial charge in [0.1, 0.15) is 0 Å². The summed E-state index contributed by atoms with van der Waals surface area (Å²) in [5.74, 6) is -0.661. The molecular formula is C23H25F4N5O. The molecule has 6 nitrogen and oxygen atoms in total. The Bertz CT molecular complexity index is 1140. The van der Waals surface area contributed by atoms with Crippen molar-refractivity contribution >= 4 is 11.6 Å². The van der Waals surface area contributed by atoms with E-state index < -0.39 is 17.6 Å². The molecule has 2 aromatic heterocycles. The van der Waals surface area contributed by atoms with Gasteiger partial charge in [-0.25, -0.2) is 9.37 Å². The highest BCUT2D eigenvalue weighted by molar-refractivity contribution is 5.57. The van der Waals surface area contributed by atoms with Gasteiger partial charge in [0.25, 0.3) is 0 Å². The quantitative estimate of drug-likeness (QED) is 0.535. The largest absolute Gasteiger partial charge is 0.416 e. The first-order valence-electron chi connectivity index (χ1n) is 10.6. The summed E-state index contributed by atoms with van der Waals surface area (Å²) < 4.78 is 55.5. The van der Waals surface area contributed by atoms with E-state index in [-0.39, 0.29) is 23.6 Å². The van der Waals surface area contributed by atoms with E-state index in [4.69, 9.17) is 0 Å². The molecule has 0 saturated carbocycles. The third kappa shape index (κ3) is 5.51. The second-order valence-corrected chi connectivity index (χ2v) is 8.46. The predicted octanol–water partition coefficient (Wildman–Crippen LogP) is 4.74. The molecule has 3 aromatic rings. The molecule has 0 amide bonds. The number of aryl methyl sites for hydroxylation is 2. The number of aromatic nitrogens is 3. The Balaban J connectivity index is 1.57. The molecule has 1 aromatic carbocycles. The number of rotatable bonds is 5. The molecule has 0 atom stereocenters. The van der Waals surface area contributed by atoms with Crippen LogP contribution in [0.4, 0.5) is 29.2 Å². The molecule has 10 heteroatoms. The van der Waals surface area contributed by atoms with Gasteiger partial charge in [-0.05, 0) is 61.6 Å². The Morgan fingerprint density at radius 3 is 2.55 bits per heavy atom. The fourth-order valence-electron chi connectivity index (χ4n) is 3.95. The highest BCUT2D eigenvalue weighted by Crippen LogP contribution is 2.32. The summed E-state index contributed by atoms with van der Waals surface area (Å²) in [6.07, 6.45) is 1.26. The van der Waals surface area contributed by atoms with Crippen LogP contribution in [-0.4, -0.2) is 43.7 Å². The molecule has 1 aliphatic heterocycles. The van der Waals surface area contributed by atoms with Crippen molar-refractivity contribution < 1.29 is 22.7 Å². The van der Waals surface area contributed by atoms with E-state index in [2.05, 4.69) is 20.2 Å². The molecule has 176 valence electrons. The Labute approximate surface area is 188 Å². The van der Waals surface area contributed by atoms with E-state index in [1.165, 1.54) is 6.07 Å². The fourth-order valence-corrected chi connectivity index (χ4v) is 3.95. The molecule has 4 rings (SSSR count). The summed E-state index contributed by atoms with van der Waals surface area (Å²) in [5, 5.41) is 12.4. The molecule has 0 aliphatic carbocycles. The summed E-state index contributed by atoms with van der Waals surface area (Å²) in [7, 11) is 0. The number of benzene rings is 1. The second kappa shape index (κ2) is 9.11. The minimum absolute atomic E-state index is 0.000357. The van der Waals surface area contributed by atoms with Gasteiger partial charge in [-0.1, -0.05) is 0 Å². The number of alkyl halides is 3. The van der Waals surface area contributed by atoms with Gasteiger partial charge in [-0.3, -0.25) is 4.90 Å². The predicted molar refractivity (Wildman–Crippen MR) is 116 cm³/mol. The maximum atomic E-state index is 14.6. The van der Waals surface area contributed by atoms with Crippen LogP contribution in [-0.2, 0) is 12.7 Å². The van der Waals surface area contributed by atoms with Crippen LogP contribution < -0.4 is 5.32 Å². The zero-order chi connectivity index (χ0) is 23.8. The van der Waals surface area contributed by atoms with Crippen molar-refractivity contribution in [3.05, 3.63) is 64.9 Å². The molecule has 1 aliphatic rings. The number of likely N-dealkylation sites (tertiary alicyclic amines) is 1. The normalized spacial score (nSPS) is 15.7. The SMILES string of the molecule is Cc1cc(Nc2ncc(F)c(-n3cc(C)c(CN4CCC(O)CC4)c3)n2)cc(C(F)(F)F)c1. The minimum atomic E-state index is -4.48. The molecule has 0 bridgehead atoms. The maximum Gasteiger partial charge on any atom is 0.416 e. The number of piperidine rings is 1. The summed E-state index contributed by atoms with van der Waals surface area (Å²) in [6, 6.07) is 3.55. The first-order valence-corrected chi connectivity index (χ1v) is 10.6. The number of hydrogen-bond donors (Lipinski definition) is 2. The van der Waals surface area contributed by atoms with Gasteiger partial charge >= 0.3 is 6.18 Å². The van der Waals surface area contributed by atoms with Crippen molar-refractivity contribution in [3.63, 3.8) is 0 Å². The summed E-state index contributed by atoms with van der Waals surface area (Å²) >= 11 is 0. The average Bonchev–Trinajstić information content (AvgIpc) is 3.10. The van der Waals surface area contributed by atoms with Crippen molar-refractivity contribution in [3.8, 4) is 5.82 Å². The van der Waals surface area contributed by atoms with Crippen molar-refractivity contribution in [1.29, 1.82) is 0 Å². The molecule has 3 heterocycles. The highest BCUT2D eigenvalue weighted by atomic mass is 19.4. The van der Waals surface area contributed by atoms with Gasteiger partial charge < -0.3 is 15.0 Å². The number of nitrogens with zero attached hydrogens (tertiary/aromatic N) is 4. The summed E-state index contributed by atoms with van der Waals surface area (Å²) in [5.41, 5.74) is 1.76. The smallest absolute Gasteiger partial charge is 0.393 e. The fraction of sp³-hybridized carbons (Fsp3) is 0.391. The van der Waals surface area contributed by atoms with Crippen molar-refractivity contribution in [2.75, 3.05) is 18.4 Å². The van der Waals surface area contributed by atoms with E-state index in [1.807, 2.05) is 6.92 Å². The number of aliphatic hydroxyl groups is 1. The Hall–Kier alpha value is -2.98. The lowest BCUT2D eigenvalue weighted by atomic mass is 10.1. The summed E-state index contributed by atoms with van der Waals surface area (Å²) in [4.78, 5) is 10.3. The average molecular weight is 463 g/mol. The maximum absolute atomic E-state index is 14.6. The number of hydrogen-bond acceptors (Lipinski definition) is 5. The van der Waals surface area contributed by atoms with Crippen molar-refractivity contribution in [2.45, 2.75) is 45.5 Å². The third-order valence-electron chi connectivity index (χ3n) is 5.72. The van der Waals surface area contributed by atoms with Crippen LogP contribution >= 0.6 is 0 Å². The zero-order valence-corrected chi connectivity index (χ0v) is 18.3. The lowest BCUT2D eigenvalue weighted by Crippen LogP contribution is -2.35. The Morgan fingerprint density at radius 1 is 1.12 bits per heavy atom. The zero-order valence-electron chi connectivity index (χ0n) is 18.3. The lowest BCUT2D eigenvalue weighted by molar-refractivity contribution is -0.137. The second-order valence-electron chi connectivity index (χ2n) is 8.46. The standard InChI is InChI=1S/C23H25F4N5O/c1-14-7-17(23(25,26)27)9-18(8-14)29-22-28-10-20(24)21(30-22)32-11-15(2)16(13-32)12-31-5-3-19(33)4-6-31/h7-11,13,19,33H,3-6,12H2,1-2H3,(H,28,29,30). The Kier molecular flexibility index (Phi) is 6.40. The number of nitrogens with one attached hydrogen (secondary N) is 1. The van der Waals surface area contributed by atoms with Crippen LogP contribution in [0, 0.1) is 19.7 Å². The molecular weight excluding hydrogens is 438 g/mol. The topological polar surface area (TPSA) is 66.2 Å². The van der Waals surface area contributed by atoms with Gasteiger partial charge in [0, 0.05) is 37.7 Å². The molecule has 0 radical (unpaired) electrons. The molecule has 0 spiro atoms. The van der Waals surface area contributed by atoms with E-state index in [9.17, 15) is 22.7 Å².